The molecule has 2 aliphatic rings. The first kappa shape index (κ1) is 32.7. The van der Waals surface area contributed by atoms with Crippen molar-refractivity contribution in [2.45, 2.75) is 44.1 Å². The molecule has 0 bridgehead atoms. The molecule has 0 radical (unpaired) electrons. The van der Waals surface area contributed by atoms with Crippen molar-refractivity contribution in [1.29, 1.82) is 0 Å². The van der Waals surface area contributed by atoms with E-state index < -0.39 is 36.3 Å². The molecular formula is C37H29Cl2N3O7. The molecule has 4 atom stereocenters. The van der Waals surface area contributed by atoms with Gasteiger partial charge in [0, 0.05) is 23.6 Å². The highest BCUT2D eigenvalue weighted by Crippen LogP contribution is 2.47. The summed E-state index contributed by atoms with van der Waals surface area (Å²) in [5.74, 6) is -2.14. The van der Waals surface area contributed by atoms with Gasteiger partial charge in [0.1, 0.15) is 5.15 Å². The molecule has 12 heteroatoms. The number of benzene rings is 4. The van der Waals surface area contributed by atoms with Gasteiger partial charge >= 0.3 is 11.9 Å². The van der Waals surface area contributed by atoms with Gasteiger partial charge in [-0.3, -0.25) is 4.79 Å². The number of hydrogen-bond donors (Lipinski definition) is 2. The maximum atomic E-state index is 12.9. The molecule has 1 aromatic heterocycles. The van der Waals surface area contributed by atoms with E-state index in [-0.39, 0.29) is 40.9 Å². The number of aliphatic hydroxyl groups excluding tert-OH is 1. The van der Waals surface area contributed by atoms with Crippen LogP contribution in [-0.2, 0) is 33.9 Å². The van der Waals surface area contributed by atoms with Crippen molar-refractivity contribution in [3.8, 4) is 0 Å². The highest BCUT2D eigenvalue weighted by Gasteiger charge is 2.42. The van der Waals surface area contributed by atoms with Crippen molar-refractivity contribution >= 4 is 41.0 Å². The number of fused-ring (bicyclic) bond motifs is 1. The summed E-state index contributed by atoms with van der Waals surface area (Å²) >= 11 is 12.7. The predicted octanol–water partition coefficient (Wildman–Crippen LogP) is 6.56. The van der Waals surface area contributed by atoms with E-state index in [0.717, 1.165) is 27.8 Å². The molecule has 2 N–H and O–H groups in total. The second kappa shape index (κ2) is 13.9. The number of amides is 1. The molecule has 49 heavy (non-hydrogen) atoms. The van der Waals surface area contributed by atoms with Crippen molar-refractivity contribution in [3.05, 3.63) is 158 Å². The van der Waals surface area contributed by atoms with Crippen LogP contribution in [0.5, 0.6) is 0 Å². The SMILES string of the molecule is O=C(NCc1ccc(C2O[C@H](Cn3cnc(Cl)c3Cl)[C@@H](c3ccccc3)[C@H](c3ccc(CO)cc3)O2)cc1)c1ccc2c(c1)C(=O)OC2=O. The number of nitrogens with zero attached hydrogens (tertiary/aromatic N) is 2. The van der Waals surface area contributed by atoms with Crippen molar-refractivity contribution in [2.75, 3.05) is 0 Å². The number of cyclic esters (lactones) is 2. The average molecular weight is 699 g/mol. The molecule has 5 aromatic rings. The Bertz CT molecular complexity index is 2020. The lowest BCUT2D eigenvalue weighted by Gasteiger charge is -2.43. The molecule has 4 aromatic carbocycles. The van der Waals surface area contributed by atoms with Crippen LogP contribution >= 0.6 is 23.2 Å². The molecule has 0 saturated carbocycles. The van der Waals surface area contributed by atoms with E-state index in [1.165, 1.54) is 18.2 Å². The summed E-state index contributed by atoms with van der Waals surface area (Å²) < 4.78 is 19.8. The van der Waals surface area contributed by atoms with Crippen LogP contribution in [0.25, 0.3) is 0 Å². The Balaban J connectivity index is 1.14. The van der Waals surface area contributed by atoms with Crippen LogP contribution in [-0.4, -0.2) is 38.6 Å². The summed E-state index contributed by atoms with van der Waals surface area (Å²) in [7, 11) is 0. The first-order valence-corrected chi connectivity index (χ1v) is 16.2. The number of carbonyl (C=O) groups is 3. The first-order valence-electron chi connectivity index (χ1n) is 15.5. The molecule has 3 heterocycles. The lowest BCUT2D eigenvalue weighted by molar-refractivity contribution is -0.263. The van der Waals surface area contributed by atoms with Gasteiger partial charge in [0.2, 0.25) is 0 Å². The van der Waals surface area contributed by atoms with E-state index in [0.29, 0.717) is 11.7 Å². The minimum atomic E-state index is -0.768. The van der Waals surface area contributed by atoms with Gasteiger partial charge < -0.3 is 29.2 Å². The highest BCUT2D eigenvalue weighted by atomic mass is 35.5. The topological polar surface area (TPSA) is 129 Å². The van der Waals surface area contributed by atoms with Gasteiger partial charge in [-0.1, -0.05) is 102 Å². The lowest BCUT2D eigenvalue weighted by Crippen LogP contribution is -2.39. The van der Waals surface area contributed by atoms with Gasteiger partial charge in [-0.15, -0.1) is 0 Å². The average Bonchev–Trinajstić information content (AvgIpc) is 3.61. The van der Waals surface area contributed by atoms with E-state index in [2.05, 4.69) is 15.0 Å². The smallest absolute Gasteiger partial charge is 0.346 e. The summed E-state index contributed by atoms with van der Waals surface area (Å²) in [4.78, 5) is 40.7. The number of ether oxygens (including phenoxy) is 3. The quantitative estimate of drug-likeness (QED) is 0.131. The van der Waals surface area contributed by atoms with E-state index >= 15 is 0 Å². The van der Waals surface area contributed by atoms with Crippen molar-refractivity contribution in [3.63, 3.8) is 0 Å². The molecule has 0 spiro atoms. The van der Waals surface area contributed by atoms with Crippen molar-refractivity contribution in [1.82, 2.24) is 14.9 Å². The van der Waals surface area contributed by atoms with Crippen LogP contribution in [0.2, 0.25) is 10.3 Å². The number of nitrogens with one attached hydrogen (secondary N) is 1. The van der Waals surface area contributed by atoms with Crippen LogP contribution in [0.15, 0.2) is 103 Å². The Kier molecular flexibility index (Phi) is 9.31. The molecule has 1 saturated heterocycles. The van der Waals surface area contributed by atoms with Crippen molar-refractivity contribution < 1.29 is 33.7 Å². The number of carbonyl (C=O) groups excluding carboxylic acids is 3. The van der Waals surface area contributed by atoms with Gasteiger partial charge in [-0.2, -0.15) is 0 Å². The summed E-state index contributed by atoms with van der Waals surface area (Å²) in [6.45, 7) is 0.490. The third-order valence-corrected chi connectivity index (χ3v) is 9.46. The van der Waals surface area contributed by atoms with Crippen molar-refractivity contribution in [2.24, 2.45) is 0 Å². The maximum absolute atomic E-state index is 12.9. The molecule has 1 unspecified atom stereocenters. The normalized spacial score (nSPS) is 20.1. The van der Waals surface area contributed by atoms with Gasteiger partial charge in [-0.05, 0) is 40.5 Å². The molecule has 1 fully saturated rings. The maximum Gasteiger partial charge on any atom is 0.346 e. The highest BCUT2D eigenvalue weighted by molar-refractivity contribution is 6.40. The van der Waals surface area contributed by atoms with Crippen LogP contribution in [0, 0.1) is 0 Å². The molecule has 2 aliphatic heterocycles. The molecule has 7 rings (SSSR count). The standard InChI is InChI=1S/C37H29Cl2N3O7/c38-32-33(39)42(20-41-32)18-29-30(23-4-2-1-3-5-23)31(24-10-8-22(19-43)9-11-24)48-37(47-29)25-12-6-21(7-13-25)17-40-34(44)26-14-15-27-28(16-26)36(46)49-35(27)45/h1-16,20,29-31,37,43H,17-19H2,(H,40,44)/t29-,30-,31+,37?/m1/s1. The van der Waals surface area contributed by atoms with E-state index in [9.17, 15) is 19.5 Å². The third-order valence-electron chi connectivity index (χ3n) is 8.69. The van der Waals surface area contributed by atoms with Crippen LogP contribution in [0.3, 0.4) is 0 Å². The van der Waals surface area contributed by atoms with E-state index in [4.69, 9.17) is 32.7 Å². The predicted molar refractivity (Wildman–Crippen MR) is 179 cm³/mol. The molecule has 1 amide bonds. The molecule has 0 aliphatic carbocycles. The summed E-state index contributed by atoms with van der Waals surface area (Å²) in [6.07, 6.45) is -0.0357. The number of hydrogen-bond acceptors (Lipinski definition) is 8. The molecule has 248 valence electrons. The summed E-state index contributed by atoms with van der Waals surface area (Å²) in [6, 6.07) is 29.4. The van der Waals surface area contributed by atoms with Gasteiger partial charge in [-0.25, -0.2) is 14.6 Å². The summed E-state index contributed by atoms with van der Waals surface area (Å²) in [5.41, 5.74) is 4.76. The Morgan fingerprint density at radius 2 is 1.51 bits per heavy atom. The number of rotatable bonds is 9. The Labute approximate surface area is 291 Å². The van der Waals surface area contributed by atoms with E-state index in [1.807, 2.05) is 78.9 Å². The minimum absolute atomic E-state index is 0.0715. The molecule has 10 nitrogen and oxygen atoms in total. The Morgan fingerprint density at radius 3 is 2.20 bits per heavy atom. The first-order chi connectivity index (χ1) is 23.8. The van der Waals surface area contributed by atoms with Gasteiger partial charge in [0.25, 0.3) is 5.91 Å². The Morgan fingerprint density at radius 1 is 0.816 bits per heavy atom. The second-order valence-electron chi connectivity index (χ2n) is 11.7. The van der Waals surface area contributed by atoms with Crippen LogP contribution in [0.1, 0.15) is 77.2 Å². The zero-order valence-corrected chi connectivity index (χ0v) is 27.3. The number of esters is 2. The van der Waals surface area contributed by atoms with E-state index in [1.54, 1.807) is 10.9 Å². The van der Waals surface area contributed by atoms with Crippen LogP contribution < -0.4 is 5.32 Å². The zero-order valence-electron chi connectivity index (χ0n) is 25.8. The Hall–Kier alpha value is -4.84. The minimum Gasteiger partial charge on any atom is -0.392 e. The number of imidazole rings is 1. The zero-order chi connectivity index (χ0) is 34.1. The fourth-order valence-electron chi connectivity index (χ4n) is 6.13. The lowest BCUT2D eigenvalue weighted by atomic mass is 9.83. The number of halogens is 2. The number of aliphatic hydroxyl groups is 1. The van der Waals surface area contributed by atoms with Gasteiger partial charge in [0.15, 0.2) is 11.4 Å². The molecular weight excluding hydrogens is 669 g/mol. The largest absolute Gasteiger partial charge is 0.392 e. The summed E-state index contributed by atoms with van der Waals surface area (Å²) in [5, 5.41) is 13.0. The fraction of sp³-hybridized carbons (Fsp3) is 0.189. The number of aromatic nitrogens is 2. The monoisotopic (exact) mass is 697 g/mol. The second-order valence-corrected chi connectivity index (χ2v) is 12.5. The van der Waals surface area contributed by atoms with Gasteiger partial charge in [0.05, 0.1) is 42.8 Å². The van der Waals surface area contributed by atoms with Crippen LogP contribution in [0.4, 0.5) is 0 Å². The fourth-order valence-corrected chi connectivity index (χ4v) is 6.45. The third kappa shape index (κ3) is 6.74.